The molecule has 23 heavy (non-hydrogen) atoms. The Bertz CT molecular complexity index is 671. The Morgan fingerprint density at radius 1 is 1.17 bits per heavy atom. The highest BCUT2D eigenvalue weighted by molar-refractivity contribution is 7.17. The summed E-state index contributed by atoms with van der Waals surface area (Å²) in [5.74, 6) is -1.15. The number of hydrogen-bond acceptors (Lipinski definition) is 4. The standard InChI is InChI=1S/C18H22N2O2S/c1-13-16(18(21)22)23-17(19-13)15-8-6-14(7-9-15)12-20-10-4-2-3-5-11-20/h6-9H,2-5,10-12H2,1H3,(H,21,22). The van der Waals surface area contributed by atoms with Crippen LogP contribution < -0.4 is 10.0 Å². The lowest BCUT2D eigenvalue weighted by Gasteiger charge is -2.17. The maximum absolute atomic E-state index is 11.0. The molecule has 5 heteroatoms. The highest BCUT2D eigenvalue weighted by Crippen LogP contribution is 2.27. The van der Waals surface area contributed by atoms with E-state index in [1.54, 1.807) is 11.8 Å². The predicted octanol–water partition coefficient (Wildman–Crippen LogP) is 1.44. The number of aromatic carboxylic acids is 1. The van der Waals surface area contributed by atoms with Crippen molar-refractivity contribution in [1.29, 1.82) is 0 Å². The van der Waals surface area contributed by atoms with Crippen LogP contribution in [0.3, 0.4) is 0 Å². The number of carboxylic acids is 1. The number of rotatable bonds is 4. The van der Waals surface area contributed by atoms with E-state index in [1.165, 1.54) is 55.7 Å². The Kier molecular flexibility index (Phi) is 5.08. The van der Waals surface area contributed by atoms with Crippen molar-refractivity contribution in [2.24, 2.45) is 0 Å². The molecule has 3 rings (SSSR count). The molecule has 1 aliphatic rings. The summed E-state index contributed by atoms with van der Waals surface area (Å²) in [7, 11) is 0. The van der Waals surface area contributed by atoms with Gasteiger partial charge in [0.25, 0.3) is 0 Å². The molecule has 0 saturated carbocycles. The maximum Gasteiger partial charge on any atom is 0.124 e. The van der Waals surface area contributed by atoms with Gasteiger partial charge in [0.15, 0.2) is 0 Å². The summed E-state index contributed by atoms with van der Waals surface area (Å²) in [6.45, 7) is 5.31. The number of aromatic nitrogens is 1. The zero-order chi connectivity index (χ0) is 16.2. The van der Waals surface area contributed by atoms with Gasteiger partial charge in [-0.3, -0.25) is 0 Å². The SMILES string of the molecule is Cc1nc(-c2ccc(C[NH+]3CCCCCC3)cc2)sc1C(=O)[O-]. The normalized spacial score (nSPS) is 16.2. The van der Waals surface area contributed by atoms with Gasteiger partial charge >= 0.3 is 0 Å². The third kappa shape index (κ3) is 3.98. The van der Waals surface area contributed by atoms with Crippen LogP contribution in [0.1, 0.15) is 46.6 Å². The number of nitrogens with zero attached hydrogens (tertiary/aromatic N) is 1. The fourth-order valence-corrected chi connectivity index (χ4v) is 4.08. The quantitative estimate of drug-likeness (QED) is 0.923. The van der Waals surface area contributed by atoms with E-state index in [1.807, 2.05) is 12.1 Å². The van der Waals surface area contributed by atoms with E-state index >= 15 is 0 Å². The highest BCUT2D eigenvalue weighted by Gasteiger charge is 2.14. The smallest absolute Gasteiger partial charge is 0.124 e. The van der Waals surface area contributed by atoms with Crippen molar-refractivity contribution in [3.05, 3.63) is 40.4 Å². The molecule has 1 aliphatic heterocycles. The number of thiazole rings is 1. The first-order valence-corrected chi connectivity index (χ1v) is 9.07. The van der Waals surface area contributed by atoms with E-state index < -0.39 is 5.97 Å². The molecule has 1 saturated heterocycles. The van der Waals surface area contributed by atoms with E-state index in [4.69, 9.17) is 0 Å². The molecule has 2 heterocycles. The number of nitrogens with one attached hydrogen (secondary N) is 1. The van der Waals surface area contributed by atoms with Gasteiger partial charge in [-0.1, -0.05) is 24.3 Å². The molecule has 1 N–H and O–H groups in total. The van der Waals surface area contributed by atoms with Crippen LogP contribution in [0.25, 0.3) is 10.6 Å². The van der Waals surface area contributed by atoms with Gasteiger partial charge in [0.2, 0.25) is 0 Å². The lowest BCUT2D eigenvalue weighted by molar-refractivity contribution is -0.913. The fourth-order valence-electron chi connectivity index (χ4n) is 3.17. The summed E-state index contributed by atoms with van der Waals surface area (Å²) in [6.07, 6.45) is 5.40. The number of aryl methyl sites for hydroxylation is 1. The van der Waals surface area contributed by atoms with E-state index in [0.717, 1.165) is 17.1 Å². The molecule has 0 amide bonds. The topological polar surface area (TPSA) is 57.5 Å². The van der Waals surface area contributed by atoms with Crippen LogP contribution in [0.15, 0.2) is 24.3 Å². The number of carbonyl (C=O) groups is 1. The average Bonchev–Trinajstić information content (AvgIpc) is 2.76. The Morgan fingerprint density at radius 3 is 2.39 bits per heavy atom. The van der Waals surface area contributed by atoms with Crippen molar-refractivity contribution in [2.75, 3.05) is 13.1 Å². The minimum Gasteiger partial charge on any atom is -0.544 e. The van der Waals surface area contributed by atoms with Crippen molar-refractivity contribution >= 4 is 17.3 Å². The highest BCUT2D eigenvalue weighted by atomic mass is 32.1. The first kappa shape index (κ1) is 16.1. The molecule has 0 radical (unpaired) electrons. The Balaban J connectivity index is 1.71. The molecule has 4 nitrogen and oxygen atoms in total. The van der Waals surface area contributed by atoms with Crippen LogP contribution in [0.5, 0.6) is 0 Å². The number of benzene rings is 1. The summed E-state index contributed by atoms with van der Waals surface area (Å²) in [6, 6.07) is 8.37. The van der Waals surface area contributed by atoms with Crippen LogP contribution in [-0.2, 0) is 6.54 Å². The molecule has 1 fully saturated rings. The molecule has 0 bridgehead atoms. The fraction of sp³-hybridized carbons (Fsp3) is 0.444. The summed E-state index contributed by atoms with van der Waals surface area (Å²) >= 11 is 1.19. The van der Waals surface area contributed by atoms with Crippen LogP contribution in [-0.4, -0.2) is 24.0 Å². The number of hydrogen-bond donors (Lipinski definition) is 1. The van der Waals surface area contributed by atoms with Crippen molar-refractivity contribution in [2.45, 2.75) is 39.2 Å². The first-order chi connectivity index (χ1) is 11.1. The summed E-state index contributed by atoms with van der Waals surface area (Å²) in [4.78, 5) is 17.3. The second kappa shape index (κ2) is 7.23. The summed E-state index contributed by atoms with van der Waals surface area (Å²) in [5.41, 5.74) is 2.84. The molecule has 2 aromatic rings. The molecular formula is C18H22N2O2S. The van der Waals surface area contributed by atoms with Gasteiger partial charge in [-0.25, -0.2) is 4.98 Å². The van der Waals surface area contributed by atoms with Crippen LogP contribution in [0, 0.1) is 6.92 Å². The molecule has 0 spiro atoms. The van der Waals surface area contributed by atoms with Gasteiger partial charge in [-0.2, -0.15) is 0 Å². The largest absolute Gasteiger partial charge is 0.544 e. The molecule has 1 aromatic heterocycles. The third-order valence-corrected chi connectivity index (χ3v) is 5.63. The third-order valence-electron chi connectivity index (χ3n) is 4.45. The molecule has 1 aromatic carbocycles. The zero-order valence-corrected chi connectivity index (χ0v) is 14.2. The number of carbonyl (C=O) groups excluding carboxylic acids is 1. The van der Waals surface area contributed by atoms with Gasteiger partial charge in [0.1, 0.15) is 11.6 Å². The second-order valence-electron chi connectivity index (χ2n) is 6.26. The van der Waals surface area contributed by atoms with Gasteiger partial charge in [-0.15, -0.1) is 11.3 Å². The molecule has 0 aliphatic carbocycles. The minimum absolute atomic E-state index is 0.220. The van der Waals surface area contributed by atoms with Crippen molar-refractivity contribution in [1.82, 2.24) is 4.98 Å². The van der Waals surface area contributed by atoms with Gasteiger partial charge < -0.3 is 14.8 Å². The lowest BCUT2D eigenvalue weighted by atomic mass is 10.1. The van der Waals surface area contributed by atoms with E-state index in [2.05, 4.69) is 17.1 Å². The predicted molar refractivity (Wildman–Crippen MR) is 89.5 cm³/mol. The summed E-state index contributed by atoms with van der Waals surface area (Å²) < 4.78 is 0. The lowest BCUT2D eigenvalue weighted by Crippen LogP contribution is -3.10. The Hall–Kier alpha value is -1.72. The molecular weight excluding hydrogens is 308 g/mol. The van der Waals surface area contributed by atoms with Gasteiger partial charge in [0.05, 0.1) is 29.6 Å². The van der Waals surface area contributed by atoms with Crippen molar-refractivity contribution in [3.8, 4) is 10.6 Å². The van der Waals surface area contributed by atoms with Crippen LogP contribution in [0.4, 0.5) is 0 Å². The van der Waals surface area contributed by atoms with E-state index in [0.29, 0.717) is 5.69 Å². The van der Waals surface area contributed by atoms with Gasteiger partial charge in [0, 0.05) is 11.1 Å². The Labute approximate surface area is 140 Å². The number of quaternary nitrogens is 1. The molecule has 122 valence electrons. The van der Waals surface area contributed by atoms with Crippen LogP contribution >= 0.6 is 11.3 Å². The van der Waals surface area contributed by atoms with Crippen molar-refractivity contribution < 1.29 is 14.8 Å². The van der Waals surface area contributed by atoms with Crippen molar-refractivity contribution in [3.63, 3.8) is 0 Å². The number of likely N-dealkylation sites (tertiary alicyclic amines) is 1. The zero-order valence-electron chi connectivity index (χ0n) is 13.4. The number of carboxylic acid groups (broad SMARTS) is 1. The summed E-state index contributed by atoms with van der Waals surface area (Å²) in [5, 5.41) is 11.8. The molecule has 0 atom stereocenters. The van der Waals surface area contributed by atoms with E-state index in [-0.39, 0.29) is 4.88 Å². The average molecular weight is 330 g/mol. The van der Waals surface area contributed by atoms with Crippen LogP contribution in [0.2, 0.25) is 0 Å². The maximum atomic E-state index is 11.0. The minimum atomic E-state index is -1.15. The second-order valence-corrected chi connectivity index (χ2v) is 7.26. The first-order valence-electron chi connectivity index (χ1n) is 8.25. The van der Waals surface area contributed by atoms with Gasteiger partial charge in [-0.05, 0) is 32.6 Å². The Morgan fingerprint density at radius 2 is 1.83 bits per heavy atom. The molecule has 0 unspecified atom stereocenters. The van der Waals surface area contributed by atoms with E-state index in [9.17, 15) is 9.90 Å². The monoisotopic (exact) mass is 330 g/mol.